The lowest BCUT2D eigenvalue weighted by atomic mass is 9.96. The number of amides is 2. The van der Waals surface area contributed by atoms with E-state index in [1.165, 1.54) is 6.92 Å². The number of piperidine rings is 1. The second-order valence-electron chi connectivity index (χ2n) is 7.36. The highest BCUT2D eigenvalue weighted by molar-refractivity contribution is 5.96. The minimum atomic E-state index is -0.517. The molecule has 0 bridgehead atoms. The average Bonchev–Trinajstić information content (AvgIpc) is 2.54. The van der Waals surface area contributed by atoms with Gasteiger partial charge in [-0.2, -0.15) is 0 Å². The predicted molar refractivity (Wildman–Crippen MR) is 95.6 cm³/mol. The zero-order valence-electron chi connectivity index (χ0n) is 15.3. The molecular formula is C19H26N2O4. The Hall–Kier alpha value is -2.37. The molecule has 0 unspecified atom stereocenters. The van der Waals surface area contributed by atoms with E-state index in [0.717, 1.165) is 0 Å². The molecule has 25 heavy (non-hydrogen) atoms. The van der Waals surface area contributed by atoms with Crippen LogP contribution >= 0.6 is 0 Å². The van der Waals surface area contributed by atoms with Crippen LogP contribution in [-0.2, 0) is 9.53 Å². The molecule has 0 aliphatic carbocycles. The number of hydrogen-bond donors (Lipinski definition) is 1. The second-order valence-corrected chi connectivity index (χ2v) is 7.36. The molecule has 1 heterocycles. The molecule has 0 spiro atoms. The van der Waals surface area contributed by atoms with Crippen molar-refractivity contribution in [2.75, 3.05) is 18.4 Å². The Kier molecular flexibility index (Phi) is 5.82. The van der Waals surface area contributed by atoms with Crippen molar-refractivity contribution in [2.24, 2.45) is 5.92 Å². The van der Waals surface area contributed by atoms with Gasteiger partial charge in [-0.1, -0.05) is 0 Å². The minimum Gasteiger partial charge on any atom is -0.444 e. The maximum Gasteiger partial charge on any atom is 0.410 e. The van der Waals surface area contributed by atoms with Gasteiger partial charge in [0.25, 0.3) is 0 Å². The van der Waals surface area contributed by atoms with E-state index in [0.29, 0.717) is 37.2 Å². The van der Waals surface area contributed by atoms with Crippen molar-refractivity contribution in [1.29, 1.82) is 0 Å². The third-order valence-electron chi connectivity index (χ3n) is 4.08. The Labute approximate surface area is 148 Å². The van der Waals surface area contributed by atoms with Crippen LogP contribution in [0.3, 0.4) is 0 Å². The first-order valence-electron chi connectivity index (χ1n) is 8.55. The quantitative estimate of drug-likeness (QED) is 0.850. The number of anilines is 1. The van der Waals surface area contributed by atoms with E-state index >= 15 is 0 Å². The molecule has 0 atom stereocenters. The monoisotopic (exact) mass is 346 g/mol. The number of rotatable bonds is 3. The molecule has 1 aromatic rings. The SMILES string of the molecule is CC(=O)c1ccc(NC(=O)C2CCN(C(=O)OC(C)(C)C)CC2)cc1. The minimum absolute atomic E-state index is 0.00705. The van der Waals surface area contributed by atoms with Crippen LogP contribution in [0.25, 0.3) is 0 Å². The Balaban J connectivity index is 1.84. The highest BCUT2D eigenvalue weighted by Gasteiger charge is 2.29. The maximum atomic E-state index is 12.4. The molecule has 1 N–H and O–H groups in total. The van der Waals surface area contributed by atoms with Gasteiger partial charge in [0, 0.05) is 30.3 Å². The lowest BCUT2D eigenvalue weighted by molar-refractivity contribution is -0.121. The topological polar surface area (TPSA) is 75.7 Å². The van der Waals surface area contributed by atoms with Gasteiger partial charge in [0.15, 0.2) is 5.78 Å². The number of carbonyl (C=O) groups is 3. The van der Waals surface area contributed by atoms with E-state index in [2.05, 4.69) is 5.32 Å². The summed E-state index contributed by atoms with van der Waals surface area (Å²) in [6, 6.07) is 6.85. The van der Waals surface area contributed by atoms with Gasteiger partial charge in [-0.25, -0.2) is 4.79 Å². The molecule has 1 saturated heterocycles. The van der Waals surface area contributed by atoms with Crippen molar-refractivity contribution in [3.8, 4) is 0 Å². The first-order chi connectivity index (χ1) is 11.7. The van der Waals surface area contributed by atoms with Crippen LogP contribution in [0.15, 0.2) is 24.3 Å². The van der Waals surface area contributed by atoms with Crippen molar-refractivity contribution in [1.82, 2.24) is 4.90 Å². The molecule has 0 aromatic heterocycles. The summed E-state index contributed by atoms with van der Waals surface area (Å²) >= 11 is 0. The third kappa shape index (κ3) is 5.59. The summed E-state index contributed by atoms with van der Waals surface area (Å²) in [5.74, 6) is -0.196. The molecular weight excluding hydrogens is 320 g/mol. The van der Waals surface area contributed by atoms with Crippen LogP contribution in [0.1, 0.15) is 50.9 Å². The number of nitrogens with zero attached hydrogens (tertiary/aromatic N) is 1. The zero-order valence-corrected chi connectivity index (χ0v) is 15.3. The molecule has 1 aliphatic rings. The Bertz CT molecular complexity index is 638. The van der Waals surface area contributed by atoms with Crippen molar-refractivity contribution < 1.29 is 19.1 Å². The highest BCUT2D eigenvalue weighted by atomic mass is 16.6. The van der Waals surface area contributed by atoms with E-state index in [1.807, 2.05) is 20.8 Å². The van der Waals surface area contributed by atoms with Crippen LogP contribution in [0.2, 0.25) is 0 Å². The summed E-state index contributed by atoms with van der Waals surface area (Å²) in [6.07, 6.45) is 0.888. The molecule has 6 heteroatoms. The first-order valence-corrected chi connectivity index (χ1v) is 8.55. The van der Waals surface area contributed by atoms with E-state index < -0.39 is 5.60 Å². The molecule has 1 fully saturated rings. The summed E-state index contributed by atoms with van der Waals surface area (Å²) in [5.41, 5.74) is 0.769. The molecule has 0 radical (unpaired) electrons. The molecule has 1 aromatic carbocycles. The number of likely N-dealkylation sites (tertiary alicyclic amines) is 1. The summed E-state index contributed by atoms with van der Waals surface area (Å²) in [6.45, 7) is 8.03. The fourth-order valence-corrected chi connectivity index (χ4v) is 2.68. The van der Waals surface area contributed by atoms with Gasteiger partial charge in [-0.05, 0) is 64.8 Å². The predicted octanol–water partition coefficient (Wildman–Crippen LogP) is 3.47. The molecule has 6 nitrogen and oxygen atoms in total. The third-order valence-corrected chi connectivity index (χ3v) is 4.08. The van der Waals surface area contributed by atoms with Crippen LogP contribution < -0.4 is 5.32 Å². The van der Waals surface area contributed by atoms with Crippen molar-refractivity contribution >= 4 is 23.5 Å². The molecule has 2 rings (SSSR count). The van der Waals surface area contributed by atoms with Gasteiger partial charge in [0.2, 0.25) is 5.91 Å². The smallest absolute Gasteiger partial charge is 0.410 e. The van der Waals surface area contributed by atoms with E-state index in [1.54, 1.807) is 29.2 Å². The number of nitrogens with one attached hydrogen (secondary N) is 1. The number of Topliss-reactive ketones (excluding diaryl/α,β-unsaturated/α-hetero) is 1. The summed E-state index contributed by atoms with van der Waals surface area (Å²) in [4.78, 5) is 37.3. The number of benzene rings is 1. The largest absolute Gasteiger partial charge is 0.444 e. The van der Waals surface area contributed by atoms with E-state index in [-0.39, 0.29) is 23.7 Å². The number of hydrogen-bond acceptors (Lipinski definition) is 4. The van der Waals surface area contributed by atoms with Crippen molar-refractivity contribution in [2.45, 2.75) is 46.1 Å². The van der Waals surface area contributed by atoms with Crippen LogP contribution in [-0.4, -0.2) is 41.4 Å². The number of ketones is 1. The van der Waals surface area contributed by atoms with E-state index in [4.69, 9.17) is 4.74 Å². The lowest BCUT2D eigenvalue weighted by Crippen LogP contribution is -2.43. The van der Waals surface area contributed by atoms with E-state index in [9.17, 15) is 14.4 Å². The molecule has 1 aliphatic heterocycles. The average molecular weight is 346 g/mol. The Morgan fingerprint density at radius 3 is 2.12 bits per heavy atom. The van der Waals surface area contributed by atoms with Gasteiger partial charge >= 0.3 is 6.09 Å². The summed E-state index contributed by atoms with van der Waals surface area (Å²) in [5, 5.41) is 2.88. The molecule has 0 saturated carbocycles. The summed E-state index contributed by atoms with van der Waals surface area (Å²) in [7, 11) is 0. The molecule has 136 valence electrons. The lowest BCUT2D eigenvalue weighted by Gasteiger charge is -2.32. The first kappa shape index (κ1) is 19.0. The maximum absolute atomic E-state index is 12.4. The van der Waals surface area contributed by atoms with Gasteiger partial charge in [-0.15, -0.1) is 0 Å². The Morgan fingerprint density at radius 2 is 1.64 bits per heavy atom. The van der Waals surface area contributed by atoms with Crippen LogP contribution in [0.5, 0.6) is 0 Å². The zero-order chi connectivity index (χ0) is 18.6. The second kappa shape index (κ2) is 7.68. The van der Waals surface area contributed by atoms with Crippen molar-refractivity contribution in [3.63, 3.8) is 0 Å². The standard InChI is InChI=1S/C19H26N2O4/c1-13(22)14-5-7-16(8-6-14)20-17(23)15-9-11-21(12-10-15)18(24)25-19(2,3)4/h5-8,15H,9-12H2,1-4H3,(H,20,23). The highest BCUT2D eigenvalue weighted by Crippen LogP contribution is 2.21. The van der Waals surface area contributed by atoms with Crippen LogP contribution in [0.4, 0.5) is 10.5 Å². The van der Waals surface area contributed by atoms with Crippen molar-refractivity contribution in [3.05, 3.63) is 29.8 Å². The normalized spacial score (nSPS) is 15.6. The molecule has 2 amide bonds. The number of ether oxygens (including phenoxy) is 1. The van der Waals surface area contributed by atoms with Gasteiger partial charge in [-0.3, -0.25) is 9.59 Å². The summed E-state index contributed by atoms with van der Waals surface area (Å²) < 4.78 is 5.36. The Morgan fingerprint density at radius 1 is 1.08 bits per heavy atom. The number of carbonyl (C=O) groups excluding carboxylic acids is 3. The van der Waals surface area contributed by atoms with Gasteiger partial charge in [0.05, 0.1) is 0 Å². The van der Waals surface area contributed by atoms with Gasteiger partial charge < -0.3 is 15.0 Å². The van der Waals surface area contributed by atoms with Crippen LogP contribution in [0, 0.1) is 5.92 Å². The fourth-order valence-electron chi connectivity index (χ4n) is 2.68. The fraction of sp³-hybridized carbons (Fsp3) is 0.526. The van der Waals surface area contributed by atoms with Gasteiger partial charge in [0.1, 0.15) is 5.60 Å².